The van der Waals surface area contributed by atoms with Gasteiger partial charge >= 0.3 is 0 Å². The van der Waals surface area contributed by atoms with Gasteiger partial charge in [0.1, 0.15) is 5.76 Å². The number of Topliss-reactive ketones (excluding diaryl/α,β-unsaturated/α-hetero) is 1. The number of carbonyl (C=O) groups excluding carboxylic acids is 2. The number of ether oxygens (including phenoxy) is 2. The fourth-order valence-electron chi connectivity index (χ4n) is 5.21. The number of nitrogens with one attached hydrogen (secondary N) is 1. The summed E-state index contributed by atoms with van der Waals surface area (Å²) < 4.78 is 11.2. The van der Waals surface area contributed by atoms with Gasteiger partial charge in [-0.05, 0) is 58.3 Å². The Bertz CT molecular complexity index is 1140. The van der Waals surface area contributed by atoms with Crippen LogP contribution in [0.2, 0.25) is 0 Å². The predicted octanol–water partition coefficient (Wildman–Crippen LogP) is 3.47. The van der Waals surface area contributed by atoms with Crippen LogP contribution in [0.15, 0.2) is 23.8 Å². The minimum absolute atomic E-state index is 0.0724. The molecule has 2 aliphatic rings. The summed E-state index contributed by atoms with van der Waals surface area (Å²) in [5.74, 6) is -0.538. The second-order valence-electron chi connectivity index (χ2n) is 9.00. The van der Waals surface area contributed by atoms with Crippen LogP contribution in [0.3, 0.4) is 0 Å². The molecule has 8 heteroatoms. The van der Waals surface area contributed by atoms with Crippen molar-refractivity contribution in [2.75, 3.05) is 40.4 Å². The van der Waals surface area contributed by atoms with Crippen molar-refractivity contribution in [3.8, 4) is 11.5 Å². The first-order valence-electron chi connectivity index (χ1n) is 11.7. The highest BCUT2D eigenvalue weighted by Gasteiger charge is 2.47. The van der Waals surface area contributed by atoms with E-state index in [0.29, 0.717) is 35.7 Å². The highest BCUT2D eigenvalue weighted by atomic mass is 16.5. The number of amides is 1. The molecule has 4 rings (SSSR count). The number of aryl methyl sites for hydroxylation is 2. The van der Waals surface area contributed by atoms with Crippen molar-refractivity contribution in [3.05, 3.63) is 51.9 Å². The number of aromatic nitrogens is 1. The topological polar surface area (TPSA) is 95.1 Å². The maximum absolute atomic E-state index is 13.4. The van der Waals surface area contributed by atoms with Crippen LogP contribution >= 0.6 is 0 Å². The molecule has 1 aromatic carbocycles. The van der Waals surface area contributed by atoms with Gasteiger partial charge in [-0.3, -0.25) is 9.59 Å². The third-order valence-electron chi connectivity index (χ3n) is 7.05. The maximum Gasteiger partial charge on any atom is 0.295 e. The van der Waals surface area contributed by atoms with E-state index in [1.165, 1.54) is 7.11 Å². The van der Waals surface area contributed by atoms with Crippen molar-refractivity contribution in [3.63, 3.8) is 0 Å². The van der Waals surface area contributed by atoms with Crippen LogP contribution in [0.25, 0.3) is 5.76 Å². The first-order valence-corrected chi connectivity index (χ1v) is 11.7. The number of benzene rings is 1. The van der Waals surface area contributed by atoms with Crippen LogP contribution in [0.5, 0.6) is 11.5 Å². The summed E-state index contributed by atoms with van der Waals surface area (Å²) in [5.41, 5.74) is 3.72. The second kappa shape index (κ2) is 9.54. The van der Waals surface area contributed by atoms with Crippen LogP contribution in [0.4, 0.5) is 0 Å². The number of H-pyrrole nitrogens is 1. The van der Waals surface area contributed by atoms with Crippen LogP contribution in [-0.4, -0.2) is 72.0 Å². The maximum atomic E-state index is 13.4. The summed E-state index contributed by atoms with van der Waals surface area (Å²) in [6, 6.07) is 4.59. The largest absolute Gasteiger partial charge is 0.507 e. The van der Waals surface area contributed by atoms with Crippen molar-refractivity contribution in [2.45, 2.75) is 39.7 Å². The predicted molar refractivity (Wildman–Crippen MR) is 129 cm³/mol. The first kappa shape index (κ1) is 23.9. The summed E-state index contributed by atoms with van der Waals surface area (Å²) in [4.78, 5) is 33.8. The number of ketones is 1. The first-order chi connectivity index (χ1) is 16.3. The third kappa shape index (κ3) is 3.96. The van der Waals surface area contributed by atoms with Crippen molar-refractivity contribution < 1.29 is 24.2 Å². The normalized spacial score (nSPS) is 20.4. The number of hydrogen-bond acceptors (Lipinski definition) is 6. The van der Waals surface area contributed by atoms with Gasteiger partial charge in [-0.25, -0.2) is 0 Å². The molecule has 2 aliphatic heterocycles. The SMILES string of the molecule is COc1cccc(C2/C(=C(\O)c3c(C)[nH]c(C)c3C)C(=O)C(=O)N2CCN2CCCC2)c1OC. The van der Waals surface area contributed by atoms with Gasteiger partial charge < -0.3 is 29.4 Å². The van der Waals surface area contributed by atoms with Gasteiger partial charge in [0, 0.05) is 35.6 Å². The van der Waals surface area contributed by atoms with Crippen LogP contribution in [-0.2, 0) is 9.59 Å². The number of aliphatic hydroxyl groups excluding tert-OH is 1. The minimum atomic E-state index is -0.790. The molecule has 2 aromatic rings. The molecule has 1 unspecified atom stereocenters. The zero-order valence-electron chi connectivity index (χ0n) is 20.5. The van der Waals surface area contributed by atoms with Gasteiger partial charge in [0.15, 0.2) is 11.5 Å². The summed E-state index contributed by atoms with van der Waals surface area (Å²) in [5, 5.41) is 11.5. The van der Waals surface area contributed by atoms with E-state index in [0.717, 1.165) is 42.9 Å². The molecule has 2 N–H and O–H groups in total. The molecule has 8 nitrogen and oxygen atoms in total. The van der Waals surface area contributed by atoms with Crippen molar-refractivity contribution in [1.82, 2.24) is 14.8 Å². The van der Waals surface area contributed by atoms with Gasteiger partial charge in [0.25, 0.3) is 11.7 Å². The van der Waals surface area contributed by atoms with E-state index in [1.807, 2.05) is 26.8 Å². The molecule has 1 aromatic heterocycles. The van der Waals surface area contributed by atoms with Gasteiger partial charge in [-0.15, -0.1) is 0 Å². The average Bonchev–Trinajstić information content (AvgIpc) is 3.50. The standard InChI is InChI=1S/C26H33N3O5/c1-15-16(2)27-17(3)20(15)23(30)21-22(18-9-8-10-19(33-4)25(18)34-5)29(26(32)24(21)31)14-13-28-11-6-7-12-28/h8-10,22,27,30H,6-7,11-14H2,1-5H3/b23-21+. The summed E-state index contributed by atoms with van der Waals surface area (Å²) in [6.07, 6.45) is 2.27. The van der Waals surface area contributed by atoms with E-state index < -0.39 is 17.7 Å². The van der Waals surface area contributed by atoms with Gasteiger partial charge in [-0.2, -0.15) is 0 Å². The average molecular weight is 468 g/mol. The summed E-state index contributed by atoms with van der Waals surface area (Å²) in [7, 11) is 3.07. The molecule has 2 saturated heterocycles. The monoisotopic (exact) mass is 467 g/mol. The fourth-order valence-corrected chi connectivity index (χ4v) is 5.21. The molecule has 0 bridgehead atoms. The zero-order valence-corrected chi connectivity index (χ0v) is 20.5. The number of carbonyl (C=O) groups is 2. The van der Waals surface area contributed by atoms with E-state index in [1.54, 1.807) is 24.1 Å². The lowest BCUT2D eigenvalue weighted by Crippen LogP contribution is -2.37. The summed E-state index contributed by atoms with van der Waals surface area (Å²) >= 11 is 0. The van der Waals surface area contributed by atoms with Crippen LogP contribution < -0.4 is 9.47 Å². The summed E-state index contributed by atoms with van der Waals surface area (Å²) in [6.45, 7) is 8.65. The lowest BCUT2D eigenvalue weighted by Gasteiger charge is -2.28. The highest BCUT2D eigenvalue weighted by molar-refractivity contribution is 6.46. The number of para-hydroxylation sites is 1. The third-order valence-corrected chi connectivity index (χ3v) is 7.05. The fraction of sp³-hybridized carbons (Fsp3) is 0.462. The van der Waals surface area contributed by atoms with E-state index in [9.17, 15) is 14.7 Å². The van der Waals surface area contributed by atoms with Crippen molar-refractivity contribution in [1.29, 1.82) is 0 Å². The Morgan fingerprint density at radius 1 is 1.06 bits per heavy atom. The molecule has 0 spiro atoms. The van der Waals surface area contributed by atoms with Crippen molar-refractivity contribution >= 4 is 17.4 Å². The van der Waals surface area contributed by atoms with E-state index in [2.05, 4.69) is 9.88 Å². The minimum Gasteiger partial charge on any atom is -0.507 e. The highest BCUT2D eigenvalue weighted by Crippen LogP contribution is 2.46. The Kier molecular flexibility index (Phi) is 6.70. The lowest BCUT2D eigenvalue weighted by molar-refractivity contribution is -0.140. The Hall–Kier alpha value is -3.26. The molecule has 3 heterocycles. The van der Waals surface area contributed by atoms with Crippen LogP contribution in [0.1, 0.15) is 47.0 Å². The molecule has 0 aliphatic carbocycles. The lowest BCUT2D eigenvalue weighted by atomic mass is 9.93. The van der Waals surface area contributed by atoms with E-state index in [4.69, 9.17) is 9.47 Å². The molecule has 182 valence electrons. The van der Waals surface area contributed by atoms with Gasteiger partial charge in [0.2, 0.25) is 0 Å². The number of aliphatic hydroxyl groups is 1. The van der Waals surface area contributed by atoms with Gasteiger partial charge in [0.05, 0.1) is 25.8 Å². The smallest absolute Gasteiger partial charge is 0.295 e. The molecular formula is C26H33N3O5. The molecular weight excluding hydrogens is 434 g/mol. The molecule has 1 atom stereocenters. The number of likely N-dealkylation sites (tertiary alicyclic amines) is 2. The van der Waals surface area contributed by atoms with Gasteiger partial charge in [-0.1, -0.05) is 12.1 Å². The number of rotatable bonds is 7. The van der Waals surface area contributed by atoms with E-state index in [-0.39, 0.29) is 11.3 Å². The Balaban J connectivity index is 1.89. The number of methoxy groups -OCH3 is 2. The molecule has 2 fully saturated rings. The number of hydrogen-bond donors (Lipinski definition) is 2. The van der Waals surface area contributed by atoms with Crippen molar-refractivity contribution in [2.24, 2.45) is 0 Å². The molecule has 34 heavy (non-hydrogen) atoms. The Morgan fingerprint density at radius 3 is 2.35 bits per heavy atom. The molecule has 0 saturated carbocycles. The van der Waals surface area contributed by atoms with E-state index >= 15 is 0 Å². The Labute approximate surface area is 200 Å². The van der Waals surface area contributed by atoms with Crippen LogP contribution in [0, 0.1) is 20.8 Å². The quantitative estimate of drug-likeness (QED) is 0.368. The second-order valence-corrected chi connectivity index (χ2v) is 9.00. The Morgan fingerprint density at radius 2 is 1.76 bits per heavy atom. The zero-order chi connectivity index (χ0) is 24.6. The number of aromatic amines is 1. The molecule has 1 amide bonds. The molecule has 0 radical (unpaired) electrons. The number of nitrogens with zero attached hydrogens (tertiary/aromatic N) is 2.